The zero-order valence-electron chi connectivity index (χ0n) is 15.1. The fourth-order valence-electron chi connectivity index (χ4n) is 3.13. The Hall–Kier alpha value is -2.08. The Bertz CT molecular complexity index is 841. The summed E-state index contributed by atoms with van der Waals surface area (Å²) in [4.78, 5) is 3.40. The number of benzene rings is 2. The second-order valence-electron chi connectivity index (χ2n) is 7.11. The molecule has 3 rings (SSSR count). The first-order valence-corrected chi connectivity index (χ1v) is 8.70. The van der Waals surface area contributed by atoms with Crippen LogP contribution in [0.5, 0.6) is 5.75 Å². The number of aromatic amines is 1. The highest BCUT2D eigenvalue weighted by molar-refractivity contribution is 6.10. The molecule has 25 heavy (non-hydrogen) atoms. The quantitative estimate of drug-likeness (QED) is 0.508. The number of β-amino-alcohol motifs (C(OH)–C–C–N with tert-alkyl or cyclic N) is 1. The summed E-state index contributed by atoms with van der Waals surface area (Å²) in [5.74, 6) is 0.795. The molecule has 1 unspecified atom stereocenters. The number of nitrogens with one attached hydrogen (secondary N) is 3. The Labute approximate surface area is 148 Å². The van der Waals surface area contributed by atoms with E-state index in [2.05, 4.69) is 41.6 Å². The molecule has 1 heterocycles. The highest BCUT2D eigenvalue weighted by Crippen LogP contribution is 2.32. The first-order chi connectivity index (χ1) is 12.0. The maximum Gasteiger partial charge on any atom is 0.129 e. The molecule has 1 atom stereocenters. The standard InChI is InChI=1S/C20H27N3O2/c1-20(2,13-21-3)22-11-14(24)12-25-18-10-6-9-17-19(18)15-7-4-5-8-16(15)23-17/h4-10,14,21-24H,11-13H2,1-3H3. The van der Waals surface area contributed by atoms with Gasteiger partial charge in [-0.25, -0.2) is 0 Å². The lowest BCUT2D eigenvalue weighted by Gasteiger charge is -2.27. The molecule has 0 bridgehead atoms. The van der Waals surface area contributed by atoms with Gasteiger partial charge in [-0.05, 0) is 39.1 Å². The molecule has 0 saturated heterocycles. The fraction of sp³-hybridized carbons (Fsp3) is 0.400. The van der Waals surface area contributed by atoms with Crippen molar-refractivity contribution in [2.45, 2.75) is 25.5 Å². The van der Waals surface area contributed by atoms with Gasteiger partial charge in [0.15, 0.2) is 0 Å². The molecule has 134 valence electrons. The van der Waals surface area contributed by atoms with Crippen molar-refractivity contribution >= 4 is 21.8 Å². The number of rotatable bonds is 8. The van der Waals surface area contributed by atoms with Crippen LogP contribution in [0.25, 0.3) is 21.8 Å². The minimum absolute atomic E-state index is 0.0768. The van der Waals surface area contributed by atoms with E-state index in [0.717, 1.165) is 34.1 Å². The number of ether oxygens (including phenoxy) is 1. The van der Waals surface area contributed by atoms with Crippen LogP contribution in [-0.4, -0.2) is 48.5 Å². The predicted molar refractivity (Wildman–Crippen MR) is 103 cm³/mol. The van der Waals surface area contributed by atoms with E-state index in [1.165, 1.54) is 0 Å². The number of fused-ring (bicyclic) bond motifs is 3. The zero-order valence-corrected chi connectivity index (χ0v) is 15.1. The molecule has 1 aromatic heterocycles. The molecule has 0 spiro atoms. The van der Waals surface area contributed by atoms with E-state index in [4.69, 9.17) is 4.74 Å². The first-order valence-electron chi connectivity index (χ1n) is 8.70. The molecule has 0 radical (unpaired) electrons. The van der Waals surface area contributed by atoms with Crippen LogP contribution >= 0.6 is 0 Å². The Balaban J connectivity index is 1.69. The highest BCUT2D eigenvalue weighted by atomic mass is 16.5. The second-order valence-corrected chi connectivity index (χ2v) is 7.11. The van der Waals surface area contributed by atoms with Gasteiger partial charge >= 0.3 is 0 Å². The second kappa shape index (κ2) is 7.44. The summed E-state index contributed by atoms with van der Waals surface area (Å²) in [6.45, 7) is 5.77. The van der Waals surface area contributed by atoms with E-state index in [1.807, 2.05) is 37.4 Å². The van der Waals surface area contributed by atoms with Crippen LogP contribution in [0.3, 0.4) is 0 Å². The van der Waals surface area contributed by atoms with Crippen molar-refractivity contribution in [3.63, 3.8) is 0 Å². The van der Waals surface area contributed by atoms with Gasteiger partial charge < -0.3 is 25.5 Å². The van der Waals surface area contributed by atoms with Crippen molar-refractivity contribution in [1.82, 2.24) is 15.6 Å². The number of aromatic nitrogens is 1. The Kier molecular flexibility index (Phi) is 5.27. The van der Waals surface area contributed by atoms with Gasteiger partial charge in [-0.1, -0.05) is 24.3 Å². The van der Waals surface area contributed by atoms with Gasteiger partial charge in [0, 0.05) is 34.9 Å². The van der Waals surface area contributed by atoms with Crippen LogP contribution in [0.1, 0.15) is 13.8 Å². The van der Waals surface area contributed by atoms with Gasteiger partial charge in [-0.2, -0.15) is 0 Å². The molecule has 0 aliphatic carbocycles. The number of H-pyrrole nitrogens is 1. The summed E-state index contributed by atoms with van der Waals surface area (Å²) in [6.07, 6.45) is -0.573. The zero-order chi connectivity index (χ0) is 17.9. The number of hydrogen-bond donors (Lipinski definition) is 4. The molecule has 2 aromatic carbocycles. The molecular weight excluding hydrogens is 314 g/mol. The topological polar surface area (TPSA) is 69.3 Å². The van der Waals surface area contributed by atoms with E-state index < -0.39 is 6.10 Å². The molecule has 0 aliphatic rings. The summed E-state index contributed by atoms with van der Waals surface area (Å²) >= 11 is 0. The van der Waals surface area contributed by atoms with Crippen LogP contribution in [-0.2, 0) is 0 Å². The van der Waals surface area contributed by atoms with Crippen LogP contribution in [0.4, 0.5) is 0 Å². The van der Waals surface area contributed by atoms with Gasteiger partial charge in [-0.15, -0.1) is 0 Å². The maximum atomic E-state index is 10.3. The van der Waals surface area contributed by atoms with Crippen LogP contribution in [0.15, 0.2) is 42.5 Å². The molecule has 0 aliphatic heterocycles. The van der Waals surface area contributed by atoms with E-state index in [0.29, 0.717) is 6.54 Å². The highest BCUT2D eigenvalue weighted by Gasteiger charge is 2.18. The number of likely N-dealkylation sites (N-methyl/N-ethyl adjacent to an activating group) is 1. The molecule has 0 saturated carbocycles. The molecule has 4 N–H and O–H groups in total. The summed E-state index contributed by atoms with van der Waals surface area (Å²) in [5, 5.41) is 19.0. The maximum absolute atomic E-state index is 10.3. The third kappa shape index (κ3) is 4.12. The molecular formula is C20H27N3O2. The van der Waals surface area contributed by atoms with Crippen LogP contribution in [0.2, 0.25) is 0 Å². The van der Waals surface area contributed by atoms with E-state index >= 15 is 0 Å². The molecule has 3 aromatic rings. The van der Waals surface area contributed by atoms with Gasteiger partial charge in [-0.3, -0.25) is 0 Å². The van der Waals surface area contributed by atoms with Crippen molar-refractivity contribution in [2.75, 3.05) is 26.7 Å². The van der Waals surface area contributed by atoms with E-state index in [1.54, 1.807) is 0 Å². The van der Waals surface area contributed by atoms with Crippen LogP contribution in [0, 0.1) is 0 Å². The molecule has 5 heteroatoms. The minimum Gasteiger partial charge on any atom is -0.490 e. The molecule has 5 nitrogen and oxygen atoms in total. The number of aliphatic hydroxyl groups excluding tert-OH is 1. The van der Waals surface area contributed by atoms with Gasteiger partial charge in [0.25, 0.3) is 0 Å². The summed E-state index contributed by atoms with van der Waals surface area (Å²) in [6, 6.07) is 14.1. The lowest BCUT2D eigenvalue weighted by atomic mass is 10.1. The first kappa shape index (κ1) is 17.7. The van der Waals surface area contributed by atoms with E-state index in [-0.39, 0.29) is 12.1 Å². The number of para-hydroxylation sites is 1. The van der Waals surface area contributed by atoms with Crippen molar-refractivity contribution < 1.29 is 9.84 Å². The lowest BCUT2D eigenvalue weighted by Crippen LogP contribution is -2.50. The smallest absolute Gasteiger partial charge is 0.129 e. The Morgan fingerprint density at radius 3 is 2.68 bits per heavy atom. The fourth-order valence-corrected chi connectivity index (χ4v) is 3.13. The summed E-state index contributed by atoms with van der Waals surface area (Å²) in [5.41, 5.74) is 2.05. The SMILES string of the molecule is CNCC(C)(C)NCC(O)COc1cccc2[nH]c3ccccc3c12. The Morgan fingerprint density at radius 2 is 1.88 bits per heavy atom. The van der Waals surface area contributed by atoms with Crippen LogP contribution < -0.4 is 15.4 Å². The molecule has 0 fully saturated rings. The van der Waals surface area contributed by atoms with E-state index in [9.17, 15) is 5.11 Å². The predicted octanol–water partition coefficient (Wildman–Crippen LogP) is 2.65. The van der Waals surface area contributed by atoms with Crippen molar-refractivity contribution in [3.8, 4) is 5.75 Å². The summed E-state index contributed by atoms with van der Waals surface area (Å²) < 4.78 is 5.95. The van der Waals surface area contributed by atoms with Crippen molar-refractivity contribution in [3.05, 3.63) is 42.5 Å². The monoisotopic (exact) mass is 341 g/mol. The molecule has 0 amide bonds. The number of aliphatic hydroxyl groups is 1. The largest absolute Gasteiger partial charge is 0.490 e. The average Bonchev–Trinajstić information content (AvgIpc) is 2.97. The lowest BCUT2D eigenvalue weighted by molar-refractivity contribution is 0.0997. The third-order valence-electron chi connectivity index (χ3n) is 4.36. The number of hydrogen-bond acceptors (Lipinski definition) is 4. The van der Waals surface area contributed by atoms with Crippen molar-refractivity contribution in [1.29, 1.82) is 0 Å². The minimum atomic E-state index is -0.573. The van der Waals surface area contributed by atoms with Gasteiger partial charge in [0.2, 0.25) is 0 Å². The average molecular weight is 341 g/mol. The third-order valence-corrected chi connectivity index (χ3v) is 4.36. The van der Waals surface area contributed by atoms with Crippen molar-refractivity contribution in [2.24, 2.45) is 0 Å². The van der Waals surface area contributed by atoms with Gasteiger partial charge in [0.1, 0.15) is 18.5 Å². The summed E-state index contributed by atoms with van der Waals surface area (Å²) in [7, 11) is 1.92. The van der Waals surface area contributed by atoms with Gasteiger partial charge in [0.05, 0.1) is 5.52 Å². The Morgan fingerprint density at radius 1 is 1.12 bits per heavy atom. The normalized spacial score (nSPS) is 13.4.